The molecule has 0 aliphatic rings. The zero-order chi connectivity index (χ0) is 11.9. The zero-order valence-electron chi connectivity index (χ0n) is 11.2. The van der Waals surface area contributed by atoms with Crippen molar-refractivity contribution in [3.63, 3.8) is 0 Å². The van der Waals surface area contributed by atoms with Crippen LogP contribution in [0.15, 0.2) is 18.2 Å². The van der Waals surface area contributed by atoms with Crippen molar-refractivity contribution < 1.29 is 0 Å². The first-order valence-corrected chi connectivity index (χ1v) is 6.74. The molecule has 0 amide bonds. The van der Waals surface area contributed by atoms with Crippen LogP contribution in [0.2, 0.25) is 0 Å². The molecular weight excluding hydrogens is 191 g/mol. The van der Waals surface area contributed by atoms with Gasteiger partial charge in [0.25, 0.3) is 0 Å². The maximum absolute atomic E-state index is 2.41. The van der Waals surface area contributed by atoms with Gasteiger partial charge < -0.3 is 0 Å². The number of benzene rings is 1. The summed E-state index contributed by atoms with van der Waals surface area (Å²) in [6.07, 6.45) is 0. The standard InChI is InChI=1S/C14H21.Na/c1-13(2,3)11-8-7-9-12(10-11)14(4,5)6;/h7-8,10H,1-6H3;. The summed E-state index contributed by atoms with van der Waals surface area (Å²) >= 11 is 1.14. The van der Waals surface area contributed by atoms with Gasteiger partial charge in [0, 0.05) is 0 Å². The summed E-state index contributed by atoms with van der Waals surface area (Å²) in [6, 6.07) is 7.01. The Bertz CT molecular complexity index is 351. The molecule has 0 nitrogen and oxygen atoms in total. The number of rotatable bonds is 0. The van der Waals surface area contributed by atoms with Crippen molar-refractivity contribution in [2.45, 2.75) is 52.4 Å². The van der Waals surface area contributed by atoms with Gasteiger partial charge >= 0.3 is 112 Å². The summed E-state index contributed by atoms with van der Waals surface area (Å²) in [6.45, 7) is 13.7. The summed E-state index contributed by atoms with van der Waals surface area (Å²) in [4.78, 5) is 0. The predicted octanol–water partition coefficient (Wildman–Crippen LogP) is 3.08. The van der Waals surface area contributed by atoms with Gasteiger partial charge in [-0.2, -0.15) is 0 Å². The molecular formula is C14H21Na. The molecule has 0 saturated heterocycles. The van der Waals surface area contributed by atoms with Crippen molar-refractivity contribution in [2.75, 3.05) is 0 Å². The summed E-state index contributed by atoms with van der Waals surface area (Å²) in [5.41, 5.74) is 3.52. The molecule has 1 rings (SSSR count). The van der Waals surface area contributed by atoms with E-state index in [1.54, 1.807) is 0 Å². The quantitative estimate of drug-likeness (QED) is 0.580. The van der Waals surface area contributed by atoms with Gasteiger partial charge in [0.15, 0.2) is 0 Å². The molecule has 78 valence electrons. The summed E-state index contributed by atoms with van der Waals surface area (Å²) in [5.74, 6) is 0. The van der Waals surface area contributed by atoms with Gasteiger partial charge in [-0.05, 0) is 0 Å². The van der Waals surface area contributed by atoms with Crippen molar-refractivity contribution >= 4 is 30.7 Å². The van der Waals surface area contributed by atoms with Gasteiger partial charge in [-0.1, -0.05) is 0 Å². The first-order chi connectivity index (χ1) is 6.62. The van der Waals surface area contributed by atoms with E-state index in [1.165, 1.54) is 13.9 Å². The van der Waals surface area contributed by atoms with E-state index in [0.29, 0.717) is 0 Å². The molecule has 1 heteroatoms. The van der Waals surface area contributed by atoms with Crippen LogP contribution in [-0.2, 0) is 10.8 Å². The van der Waals surface area contributed by atoms with Crippen molar-refractivity contribution in [1.82, 2.24) is 0 Å². The molecule has 0 unspecified atom stereocenters. The van der Waals surface area contributed by atoms with Crippen molar-refractivity contribution in [3.8, 4) is 0 Å². The van der Waals surface area contributed by atoms with Crippen molar-refractivity contribution in [2.24, 2.45) is 0 Å². The van der Waals surface area contributed by atoms with Gasteiger partial charge in [-0.3, -0.25) is 0 Å². The maximum atomic E-state index is 2.41. The van der Waals surface area contributed by atoms with Crippen LogP contribution in [0, 0.1) is 0 Å². The van der Waals surface area contributed by atoms with E-state index >= 15 is 0 Å². The molecule has 1 aromatic carbocycles. The van der Waals surface area contributed by atoms with Gasteiger partial charge in [0.2, 0.25) is 0 Å². The van der Waals surface area contributed by atoms with Crippen LogP contribution < -0.4 is 2.81 Å². The van der Waals surface area contributed by atoms with E-state index in [4.69, 9.17) is 0 Å². The molecule has 15 heavy (non-hydrogen) atoms. The average Bonchev–Trinajstić information content (AvgIpc) is 2.00. The molecule has 0 heterocycles. The average molecular weight is 212 g/mol. The summed E-state index contributed by atoms with van der Waals surface area (Å²) in [5, 5.41) is 0. The third-order valence-electron chi connectivity index (χ3n) is 2.91. The molecule has 0 aliphatic heterocycles. The van der Waals surface area contributed by atoms with Crippen LogP contribution in [0.1, 0.15) is 52.7 Å². The second kappa shape index (κ2) is 4.24. The van der Waals surface area contributed by atoms with Crippen LogP contribution in [0.25, 0.3) is 0 Å². The van der Waals surface area contributed by atoms with Gasteiger partial charge in [0.1, 0.15) is 0 Å². The fourth-order valence-corrected chi connectivity index (χ4v) is 2.96. The third-order valence-corrected chi connectivity index (χ3v) is 3.78. The molecule has 0 spiro atoms. The van der Waals surface area contributed by atoms with E-state index in [0.717, 1.165) is 27.9 Å². The molecule has 0 N–H and O–H groups in total. The normalized spacial score (nSPS) is 13.1. The van der Waals surface area contributed by atoms with Crippen LogP contribution in [-0.4, -0.2) is 27.9 Å². The van der Waals surface area contributed by atoms with Crippen LogP contribution in [0.4, 0.5) is 0 Å². The van der Waals surface area contributed by atoms with E-state index in [2.05, 4.69) is 59.7 Å². The SMILES string of the molecule is CC(C)(C)c1cc[c]([Na])c(C(C)(C)C)c1. The topological polar surface area (TPSA) is 0 Å². The Morgan fingerprint density at radius 3 is 1.80 bits per heavy atom. The molecule has 0 saturated carbocycles. The first-order valence-electron chi connectivity index (χ1n) is 5.74. The zero-order valence-corrected chi connectivity index (χ0v) is 13.2. The Balaban J connectivity index is 3.30. The third kappa shape index (κ3) is 3.34. The van der Waals surface area contributed by atoms with Crippen molar-refractivity contribution in [3.05, 3.63) is 29.3 Å². The van der Waals surface area contributed by atoms with E-state index in [-0.39, 0.29) is 10.8 Å². The minimum absolute atomic E-state index is 0.259. The van der Waals surface area contributed by atoms with Crippen LogP contribution in [0.3, 0.4) is 0 Å². The monoisotopic (exact) mass is 212 g/mol. The van der Waals surface area contributed by atoms with Crippen molar-refractivity contribution in [1.29, 1.82) is 0 Å². The molecule has 0 radical (unpaired) electrons. The van der Waals surface area contributed by atoms with Gasteiger partial charge in [0.05, 0.1) is 0 Å². The predicted molar refractivity (Wildman–Crippen MR) is 69.2 cm³/mol. The fraction of sp³-hybridized carbons (Fsp3) is 0.571. The second-order valence-electron chi connectivity index (χ2n) is 6.53. The summed E-state index contributed by atoms with van der Waals surface area (Å²) < 4.78 is 1.54. The van der Waals surface area contributed by atoms with Gasteiger partial charge in [-0.25, -0.2) is 0 Å². The van der Waals surface area contributed by atoms with E-state index < -0.39 is 0 Å². The number of hydrogen-bond donors (Lipinski definition) is 0. The second-order valence-corrected chi connectivity index (χ2v) is 7.61. The van der Waals surface area contributed by atoms with Crippen LogP contribution in [0.5, 0.6) is 0 Å². The fourth-order valence-electron chi connectivity index (χ4n) is 1.90. The van der Waals surface area contributed by atoms with E-state index in [1.807, 2.05) is 0 Å². The van der Waals surface area contributed by atoms with Gasteiger partial charge in [-0.15, -0.1) is 0 Å². The Kier molecular flexibility index (Phi) is 3.75. The molecule has 0 aromatic heterocycles. The molecule has 1 aromatic rings. The summed E-state index contributed by atoms with van der Waals surface area (Å²) in [7, 11) is 0. The molecule has 0 fully saturated rings. The molecule has 0 atom stereocenters. The first kappa shape index (κ1) is 13.3. The van der Waals surface area contributed by atoms with E-state index in [9.17, 15) is 0 Å². The number of hydrogen-bond acceptors (Lipinski definition) is 0. The van der Waals surface area contributed by atoms with Crippen LogP contribution >= 0.6 is 0 Å². The minimum atomic E-state index is 0.259. The molecule has 0 bridgehead atoms. The Morgan fingerprint density at radius 1 is 0.867 bits per heavy atom. The Hall–Kier alpha value is 0.220. The molecule has 0 aliphatic carbocycles. The Morgan fingerprint density at radius 2 is 1.40 bits per heavy atom. The Labute approximate surface area is 112 Å².